The van der Waals surface area contributed by atoms with Crippen LogP contribution in [0.1, 0.15) is 52.4 Å². The van der Waals surface area contributed by atoms with E-state index in [4.69, 9.17) is 11.6 Å². The number of hydrogen-bond donors (Lipinski definition) is 0. The minimum atomic E-state index is 0.625. The standard InChI is InChI=1S/C20H27ClN4/c1-3-5-9-13-22-24-18-15-19(25-23-14-10-6-4-2)20(21)17-12-8-7-11-16(17)18/h7-8,11-12,15H,3-6,9-10,13-14H2,1-2H3/b24-22+,25-23+. The second-order valence-electron chi connectivity index (χ2n) is 6.12. The highest BCUT2D eigenvalue weighted by Crippen LogP contribution is 2.39. The predicted octanol–water partition coefficient (Wildman–Crippen LogP) is 8.04. The number of hydrogen-bond acceptors (Lipinski definition) is 4. The Labute approximate surface area is 155 Å². The normalized spacial score (nSPS) is 12.0. The quantitative estimate of drug-likeness (QED) is 0.304. The molecule has 0 N–H and O–H groups in total. The predicted molar refractivity (Wildman–Crippen MR) is 107 cm³/mol. The van der Waals surface area contributed by atoms with Crippen LogP contribution in [0.2, 0.25) is 5.02 Å². The Hall–Kier alpha value is -1.81. The molecule has 0 fully saturated rings. The molecule has 0 aliphatic rings. The summed E-state index contributed by atoms with van der Waals surface area (Å²) in [5.41, 5.74) is 1.47. The molecule has 4 nitrogen and oxygen atoms in total. The molecule has 0 unspecified atom stereocenters. The van der Waals surface area contributed by atoms with Crippen LogP contribution in [-0.2, 0) is 0 Å². The van der Waals surface area contributed by atoms with Crippen LogP contribution >= 0.6 is 11.6 Å². The van der Waals surface area contributed by atoms with Gasteiger partial charge in [0.25, 0.3) is 0 Å². The van der Waals surface area contributed by atoms with E-state index in [1.54, 1.807) is 0 Å². The molecule has 0 aliphatic carbocycles. The van der Waals surface area contributed by atoms with Gasteiger partial charge in [-0.25, -0.2) is 0 Å². The molecule has 2 rings (SSSR count). The number of unbranched alkanes of at least 4 members (excludes halogenated alkanes) is 4. The molecule has 0 aliphatic heterocycles. The number of rotatable bonds is 10. The van der Waals surface area contributed by atoms with Gasteiger partial charge in [-0.2, -0.15) is 20.5 Å². The van der Waals surface area contributed by atoms with E-state index in [1.165, 1.54) is 25.7 Å². The summed E-state index contributed by atoms with van der Waals surface area (Å²) in [6.07, 6.45) is 6.82. The minimum absolute atomic E-state index is 0.625. The number of halogens is 1. The average molecular weight is 359 g/mol. The smallest absolute Gasteiger partial charge is 0.107 e. The molecular weight excluding hydrogens is 332 g/mol. The molecule has 0 amide bonds. The molecule has 0 saturated carbocycles. The highest BCUT2D eigenvalue weighted by molar-refractivity contribution is 6.38. The van der Waals surface area contributed by atoms with E-state index >= 15 is 0 Å². The van der Waals surface area contributed by atoms with E-state index in [0.717, 1.165) is 42.4 Å². The van der Waals surface area contributed by atoms with Gasteiger partial charge in [-0.05, 0) is 18.9 Å². The Kier molecular flexibility index (Phi) is 8.53. The van der Waals surface area contributed by atoms with Gasteiger partial charge in [0, 0.05) is 10.8 Å². The summed E-state index contributed by atoms with van der Waals surface area (Å²) < 4.78 is 0. The molecule has 0 spiro atoms. The average Bonchev–Trinajstić information content (AvgIpc) is 2.64. The first-order chi connectivity index (χ1) is 12.3. The van der Waals surface area contributed by atoms with Crippen LogP contribution in [0, 0.1) is 0 Å². The van der Waals surface area contributed by atoms with Gasteiger partial charge < -0.3 is 0 Å². The van der Waals surface area contributed by atoms with Gasteiger partial charge >= 0.3 is 0 Å². The maximum atomic E-state index is 6.53. The number of fused-ring (bicyclic) bond motifs is 1. The second-order valence-corrected chi connectivity index (χ2v) is 6.50. The highest BCUT2D eigenvalue weighted by atomic mass is 35.5. The second kappa shape index (κ2) is 10.9. The third-order valence-corrected chi connectivity index (χ3v) is 4.42. The Morgan fingerprint density at radius 3 is 1.92 bits per heavy atom. The molecule has 0 atom stereocenters. The fourth-order valence-electron chi connectivity index (χ4n) is 2.58. The first-order valence-corrected chi connectivity index (χ1v) is 9.62. The molecule has 0 saturated heterocycles. The van der Waals surface area contributed by atoms with Gasteiger partial charge in [-0.3, -0.25) is 0 Å². The van der Waals surface area contributed by atoms with Gasteiger partial charge in [-0.15, -0.1) is 0 Å². The van der Waals surface area contributed by atoms with Crippen molar-refractivity contribution in [3.8, 4) is 0 Å². The van der Waals surface area contributed by atoms with Crippen LogP contribution in [0.4, 0.5) is 11.4 Å². The molecule has 0 heterocycles. The summed E-state index contributed by atoms with van der Waals surface area (Å²) in [6.45, 7) is 5.83. The van der Waals surface area contributed by atoms with E-state index in [1.807, 2.05) is 30.3 Å². The molecule has 2 aromatic rings. The zero-order valence-electron chi connectivity index (χ0n) is 15.2. The summed E-state index contributed by atoms with van der Waals surface area (Å²) in [6, 6.07) is 9.85. The lowest BCUT2D eigenvalue weighted by Crippen LogP contribution is -1.81. The fourth-order valence-corrected chi connectivity index (χ4v) is 2.84. The zero-order valence-corrected chi connectivity index (χ0v) is 16.0. The van der Waals surface area contributed by atoms with E-state index in [2.05, 4.69) is 34.3 Å². The van der Waals surface area contributed by atoms with Gasteiger partial charge in [0.15, 0.2) is 0 Å². The monoisotopic (exact) mass is 358 g/mol. The maximum Gasteiger partial charge on any atom is 0.107 e. The topological polar surface area (TPSA) is 49.4 Å². The highest BCUT2D eigenvalue weighted by Gasteiger charge is 2.10. The van der Waals surface area contributed by atoms with Crippen LogP contribution < -0.4 is 0 Å². The minimum Gasteiger partial charge on any atom is -0.189 e. The first-order valence-electron chi connectivity index (χ1n) is 9.24. The summed E-state index contributed by atoms with van der Waals surface area (Å²) in [7, 11) is 0. The van der Waals surface area contributed by atoms with Crippen molar-refractivity contribution in [1.82, 2.24) is 0 Å². The van der Waals surface area contributed by atoms with E-state index < -0.39 is 0 Å². The summed E-state index contributed by atoms with van der Waals surface area (Å²) in [4.78, 5) is 0. The van der Waals surface area contributed by atoms with Crippen LogP contribution in [0.5, 0.6) is 0 Å². The van der Waals surface area contributed by atoms with Crippen molar-refractivity contribution in [2.45, 2.75) is 52.4 Å². The van der Waals surface area contributed by atoms with Crippen molar-refractivity contribution in [1.29, 1.82) is 0 Å². The number of azo groups is 2. The van der Waals surface area contributed by atoms with Crippen LogP contribution in [0.15, 0.2) is 50.8 Å². The largest absolute Gasteiger partial charge is 0.189 e. The van der Waals surface area contributed by atoms with Crippen molar-refractivity contribution in [2.24, 2.45) is 20.5 Å². The van der Waals surface area contributed by atoms with Crippen molar-refractivity contribution < 1.29 is 0 Å². The maximum absolute atomic E-state index is 6.53. The Morgan fingerprint density at radius 2 is 1.32 bits per heavy atom. The lowest BCUT2D eigenvalue weighted by Gasteiger charge is -2.06. The molecular formula is C20H27ClN4. The Balaban J connectivity index is 2.25. The van der Waals surface area contributed by atoms with Gasteiger partial charge in [-0.1, -0.05) is 75.4 Å². The van der Waals surface area contributed by atoms with E-state index in [-0.39, 0.29) is 0 Å². The van der Waals surface area contributed by atoms with E-state index in [0.29, 0.717) is 10.7 Å². The molecule has 134 valence electrons. The van der Waals surface area contributed by atoms with E-state index in [9.17, 15) is 0 Å². The fraction of sp³-hybridized carbons (Fsp3) is 0.500. The summed E-state index contributed by atoms with van der Waals surface area (Å²) in [5.74, 6) is 0. The summed E-state index contributed by atoms with van der Waals surface area (Å²) in [5, 5.41) is 19.9. The number of nitrogens with zero attached hydrogens (tertiary/aromatic N) is 4. The molecule has 0 bridgehead atoms. The van der Waals surface area contributed by atoms with Crippen molar-refractivity contribution in [3.63, 3.8) is 0 Å². The van der Waals surface area contributed by atoms with Crippen molar-refractivity contribution >= 4 is 33.7 Å². The number of benzene rings is 2. The van der Waals surface area contributed by atoms with Gasteiger partial charge in [0.2, 0.25) is 0 Å². The van der Waals surface area contributed by atoms with Gasteiger partial charge in [0.1, 0.15) is 5.69 Å². The van der Waals surface area contributed by atoms with Crippen LogP contribution in [0.3, 0.4) is 0 Å². The lowest BCUT2D eigenvalue weighted by atomic mass is 10.1. The lowest BCUT2D eigenvalue weighted by molar-refractivity contribution is 0.712. The summed E-state index contributed by atoms with van der Waals surface area (Å²) >= 11 is 6.53. The van der Waals surface area contributed by atoms with Gasteiger partial charge in [0.05, 0.1) is 23.8 Å². The third-order valence-electron chi connectivity index (χ3n) is 4.02. The van der Waals surface area contributed by atoms with Crippen molar-refractivity contribution in [2.75, 3.05) is 13.1 Å². The van der Waals surface area contributed by atoms with Crippen LogP contribution in [-0.4, -0.2) is 13.1 Å². The third kappa shape index (κ3) is 5.89. The molecule has 0 aromatic heterocycles. The zero-order chi connectivity index (χ0) is 17.9. The Morgan fingerprint density at radius 1 is 0.760 bits per heavy atom. The molecule has 2 aromatic carbocycles. The van der Waals surface area contributed by atoms with Crippen LogP contribution in [0.25, 0.3) is 10.8 Å². The molecule has 5 heteroatoms. The first kappa shape index (κ1) is 19.5. The molecule has 0 radical (unpaired) electrons. The Bertz CT molecular complexity index is 725. The van der Waals surface area contributed by atoms with Crippen molar-refractivity contribution in [3.05, 3.63) is 35.4 Å². The molecule has 25 heavy (non-hydrogen) atoms. The SMILES string of the molecule is CCCCC/N=N/c1cc(/N=N/CCCCC)c2ccccc2c1Cl.